The summed E-state index contributed by atoms with van der Waals surface area (Å²) in [7, 11) is 0. The highest BCUT2D eigenvalue weighted by Crippen LogP contribution is 2.31. The Balaban J connectivity index is 1.54. The van der Waals surface area contributed by atoms with E-state index in [1.807, 2.05) is 0 Å². The van der Waals surface area contributed by atoms with E-state index < -0.39 is 11.7 Å². The maximum absolute atomic E-state index is 13.6. The number of nitrogens with zero attached hydrogens (tertiary/aromatic N) is 1. The number of likely N-dealkylation sites (tertiary alicyclic amines) is 1. The molecule has 1 unspecified atom stereocenters. The first kappa shape index (κ1) is 13.8. The van der Waals surface area contributed by atoms with Crippen molar-refractivity contribution in [2.45, 2.75) is 25.3 Å². The van der Waals surface area contributed by atoms with Crippen LogP contribution in [0.15, 0.2) is 18.2 Å². The van der Waals surface area contributed by atoms with Gasteiger partial charge in [-0.1, -0.05) is 17.7 Å². The largest absolute Gasteiger partial charge is 0.352 e. The number of amides is 1. The Labute approximate surface area is 123 Å². The van der Waals surface area contributed by atoms with Gasteiger partial charge in [0.05, 0.1) is 10.6 Å². The van der Waals surface area contributed by atoms with Crippen molar-refractivity contribution in [3.05, 3.63) is 34.6 Å². The smallest absolute Gasteiger partial charge is 0.255 e. The van der Waals surface area contributed by atoms with Crippen LogP contribution in [0.2, 0.25) is 5.02 Å². The van der Waals surface area contributed by atoms with Gasteiger partial charge in [-0.15, -0.1) is 0 Å². The highest BCUT2D eigenvalue weighted by atomic mass is 35.5. The Morgan fingerprint density at radius 1 is 1.40 bits per heavy atom. The SMILES string of the molecule is O=C(NCC1CCN(C2CC2)C1)c1c(F)cccc1Cl. The van der Waals surface area contributed by atoms with Crippen molar-refractivity contribution in [2.75, 3.05) is 19.6 Å². The Kier molecular flexibility index (Phi) is 3.94. The van der Waals surface area contributed by atoms with Gasteiger partial charge in [0.1, 0.15) is 5.82 Å². The van der Waals surface area contributed by atoms with E-state index in [1.54, 1.807) is 0 Å². The molecule has 108 valence electrons. The van der Waals surface area contributed by atoms with Crippen LogP contribution in [0, 0.1) is 11.7 Å². The van der Waals surface area contributed by atoms with Crippen molar-refractivity contribution < 1.29 is 9.18 Å². The minimum atomic E-state index is -0.568. The minimum Gasteiger partial charge on any atom is -0.352 e. The van der Waals surface area contributed by atoms with E-state index >= 15 is 0 Å². The first-order valence-electron chi connectivity index (χ1n) is 7.11. The number of carbonyl (C=O) groups is 1. The lowest BCUT2D eigenvalue weighted by Gasteiger charge is -2.15. The fraction of sp³-hybridized carbons (Fsp3) is 0.533. The lowest BCUT2D eigenvalue weighted by molar-refractivity contribution is 0.0943. The van der Waals surface area contributed by atoms with Gasteiger partial charge in [0.25, 0.3) is 5.91 Å². The monoisotopic (exact) mass is 296 g/mol. The van der Waals surface area contributed by atoms with Crippen LogP contribution in [-0.4, -0.2) is 36.5 Å². The predicted octanol–water partition coefficient (Wildman–Crippen LogP) is 2.69. The number of halogens is 2. The molecule has 3 rings (SSSR count). The molecule has 0 bridgehead atoms. The Morgan fingerprint density at radius 2 is 2.20 bits per heavy atom. The molecule has 1 atom stereocenters. The zero-order valence-corrected chi connectivity index (χ0v) is 12.0. The van der Waals surface area contributed by atoms with E-state index in [0.717, 1.165) is 25.6 Å². The second-order valence-corrected chi connectivity index (χ2v) is 6.09. The number of rotatable bonds is 4. The van der Waals surface area contributed by atoms with Gasteiger partial charge in [0.2, 0.25) is 0 Å². The molecule has 5 heteroatoms. The van der Waals surface area contributed by atoms with Crippen LogP contribution >= 0.6 is 11.6 Å². The van der Waals surface area contributed by atoms with E-state index in [9.17, 15) is 9.18 Å². The van der Waals surface area contributed by atoms with E-state index in [-0.39, 0.29) is 10.6 Å². The molecule has 1 amide bonds. The third-order valence-corrected chi connectivity index (χ3v) is 4.44. The average Bonchev–Trinajstić information content (AvgIpc) is 3.16. The molecule has 1 aromatic carbocycles. The average molecular weight is 297 g/mol. The molecule has 2 fully saturated rings. The van der Waals surface area contributed by atoms with Gasteiger partial charge < -0.3 is 10.2 Å². The summed E-state index contributed by atoms with van der Waals surface area (Å²) in [6.45, 7) is 2.74. The maximum Gasteiger partial charge on any atom is 0.255 e. The molecule has 0 aromatic heterocycles. The number of hydrogen-bond donors (Lipinski definition) is 1. The minimum absolute atomic E-state index is 0.0498. The summed E-state index contributed by atoms with van der Waals surface area (Å²) in [5.74, 6) is -0.524. The van der Waals surface area contributed by atoms with Crippen LogP contribution in [0.5, 0.6) is 0 Å². The fourth-order valence-corrected chi connectivity index (χ4v) is 3.09. The van der Waals surface area contributed by atoms with Gasteiger partial charge in [-0.25, -0.2) is 4.39 Å². The molecular weight excluding hydrogens is 279 g/mol. The number of nitrogens with one attached hydrogen (secondary N) is 1. The van der Waals surface area contributed by atoms with Crippen molar-refractivity contribution in [1.29, 1.82) is 0 Å². The topological polar surface area (TPSA) is 32.3 Å². The second-order valence-electron chi connectivity index (χ2n) is 5.69. The van der Waals surface area contributed by atoms with E-state index in [4.69, 9.17) is 11.6 Å². The van der Waals surface area contributed by atoms with Crippen LogP contribution in [0.3, 0.4) is 0 Å². The summed E-state index contributed by atoms with van der Waals surface area (Å²) in [5.41, 5.74) is -0.0498. The normalized spacial score (nSPS) is 23.0. The first-order chi connectivity index (χ1) is 9.65. The molecule has 1 saturated heterocycles. The fourth-order valence-electron chi connectivity index (χ4n) is 2.84. The second kappa shape index (κ2) is 5.70. The van der Waals surface area contributed by atoms with Crippen LogP contribution in [0.25, 0.3) is 0 Å². The number of carbonyl (C=O) groups excluding carboxylic acids is 1. The summed E-state index contributed by atoms with van der Waals surface area (Å²) < 4.78 is 13.6. The molecule has 1 heterocycles. The van der Waals surface area contributed by atoms with E-state index in [2.05, 4.69) is 10.2 Å². The molecular formula is C15H18ClFN2O. The molecule has 1 aliphatic heterocycles. The summed E-state index contributed by atoms with van der Waals surface area (Å²) in [6.07, 6.45) is 3.72. The van der Waals surface area contributed by atoms with Gasteiger partial charge >= 0.3 is 0 Å². The summed E-state index contributed by atoms with van der Waals surface area (Å²) >= 11 is 5.88. The molecule has 1 aliphatic carbocycles. The Bertz CT molecular complexity index is 498. The zero-order valence-electron chi connectivity index (χ0n) is 11.2. The van der Waals surface area contributed by atoms with Crippen molar-refractivity contribution >= 4 is 17.5 Å². The molecule has 2 aliphatic rings. The molecule has 0 spiro atoms. The zero-order chi connectivity index (χ0) is 14.1. The third-order valence-electron chi connectivity index (χ3n) is 4.12. The first-order valence-corrected chi connectivity index (χ1v) is 7.49. The Morgan fingerprint density at radius 3 is 2.90 bits per heavy atom. The Hall–Kier alpha value is -1.13. The van der Waals surface area contributed by atoms with E-state index in [1.165, 1.54) is 31.0 Å². The van der Waals surface area contributed by atoms with Crippen LogP contribution in [-0.2, 0) is 0 Å². The quantitative estimate of drug-likeness (QED) is 0.926. The van der Waals surface area contributed by atoms with Gasteiger partial charge in [-0.3, -0.25) is 4.79 Å². The summed E-state index contributed by atoms with van der Waals surface area (Å²) in [6, 6.07) is 5.06. The summed E-state index contributed by atoms with van der Waals surface area (Å²) in [5, 5.41) is 2.97. The lowest BCUT2D eigenvalue weighted by atomic mass is 10.1. The van der Waals surface area contributed by atoms with Gasteiger partial charge in [-0.05, 0) is 43.9 Å². The van der Waals surface area contributed by atoms with Crippen molar-refractivity contribution in [3.8, 4) is 0 Å². The third kappa shape index (κ3) is 2.96. The summed E-state index contributed by atoms with van der Waals surface area (Å²) in [4.78, 5) is 14.5. The van der Waals surface area contributed by atoms with Crippen molar-refractivity contribution in [3.63, 3.8) is 0 Å². The molecule has 0 radical (unpaired) electrons. The van der Waals surface area contributed by atoms with Crippen molar-refractivity contribution in [1.82, 2.24) is 10.2 Å². The van der Waals surface area contributed by atoms with Crippen LogP contribution < -0.4 is 5.32 Å². The molecule has 1 N–H and O–H groups in total. The standard InChI is InChI=1S/C15H18ClFN2O/c16-12-2-1-3-13(17)14(12)15(20)18-8-10-6-7-19(9-10)11-4-5-11/h1-3,10-11H,4-9H2,(H,18,20). The lowest BCUT2D eigenvalue weighted by Crippen LogP contribution is -2.32. The van der Waals surface area contributed by atoms with Gasteiger partial charge in [0, 0.05) is 19.1 Å². The maximum atomic E-state index is 13.6. The molecule has 3 nitrogen and oxygen atoms in total. The number of benzene rings is 1. The van der Waals surface area contributed by atoms with Crippen LogP contribution in [0.4, 0.5) is 4.39 Å². The van der Waals surface area contributed by atoms with Gasteiger partial charge in [0.15, 0.2) is 0 Å². The predicted molar refractivity (Wildman–Crippen MR) is 76.4 cm³/mol. The molecule has 20 heavy (non-hydrogen) atoms. The molecule has 1 aromatic rings. The number of hydrogen-bond acceptors (Lipinski definition) is 2. The van der Waals surface area contributed by atoms with Crippen LogP contribution in [0.1, 0.15) is 29.6 Å². The van der Waals surface area contributed by atoms with Gasteiger partial charge in [-0.2, -0.15) is 0 Å². The highest BCUT2D eigenvalue weighted by Gasteiger charge is 2.34. The van der Waals surface area contributed by atoms with Crippen molar-refractivity contribution in [2.24, 2.45) is 5.92 Å². The van der Waals surface area contributed by atoms with E-state index in [0.29, 0.717) is 12.5 Å². The molecule has 1 saturated carbocycles. The highest BCUT2D eigenvalue weighted by molar-refractivity contribution is 6.33.